The maximum absolute atomic E-state index is 11.6. The number of pyridine rings is 1. The van der Waals surface area contributed by atoms with Gasteiger partial charge in [0.1, 0.15) is 6.04 Å². The zero-order chi connectivity index (χ0) is 16.4. The molecule has 1 aromatic carbocycles. The molecule has 0 amide bonds. The van der Waals surface area contributed by atoms with Gasteiger partial charge in [-0.15, -0.1) is 0 Å². The second-order valence-corrected chi connectivity index (χ2v) is 6.33. The molecular weight excluding hydrogens is 312 g/mol. The van der Waals surface area contributed by atoms with Crippen molar-refractivity contribution in [3.05, 3.63) is 64.4 Å². The lowest BCUT2D eigenvalue weighted by Crippen LogP contribution is -2.39. The molecule has 2 atom stereocenters. The van der Waals surface area contributed by atoms with Crippen molar-refractivity contribution in [1.29, 1.82) is 0 Å². The first-order chi connectivity index (χ1) is 11.1. The fraction of sp³-hybridized carbons (Fsp3) is 0.333. The normalized spacial score (nSPS) is 19.7. The summed E-state index contributed by atoms with van der Waals surface area (Å²) < 4.78 is 0. The summed E-state index contributed by atoms with van der Waals surface area (Å²) in [7, 11) is 0. The van der Waals surface area contributed by atoms with Crippen molar-refractivity contribution in [1.82, 2.24) is 9.88 Å². The average Bonchev–Trinajstić information content (AvgIpc) is 3.01. The lowest BCUT2D eigenvalue weighted by Gasteiger charge is -2.31. The summed E-state index contributed by atoms with van der Waals surface area (Å²) in [6, 6.07) is 10.8. The van der Waals surface area contributed by atoms with E-state index in [1.54, 1.807) is 0 Å². The quantitative estimate of drug-likeness (QED) is 0.929. The first-order valence-electron chi connectivity index (χ1n) is 7.73. The van der Waals surface area contributed by atoms with E-state index in [1.165, 1.54) is 0 Å². The van der Waals surface area contributed by atoms with Crippen molar-refractivity contribution in [2.45, 2.75) is 31.8 Å². The number of carbonyl (C=O) groups is 1. The largest absolute Gasteiger partial charge is 0.480 e. The first kappa shape index (κ1) is 16.0. The molecule has 0 saturated carbocycles. The Morgan fingerprint density at radius 2 is 2.13 bits per heavy atom. The van der Waals surface area contributed by atoms with Crippen LogP contribution >= 0.6 is 11.6 Å². The second kappa shape index (κ2) is 6.69. The topological polar surface area (TPSA) is 53.4 Å². The molecule has 120 valence electrons. The van der Waals surface area contributed by atoms with Crippen molar-refractivity contribution < 1.29 is 9.90 Å². The van der Waals surface area contributed by atoms with Gasteiger partial charge in [-0.2, -0.15) is 0 Å². The van der Waals surface area contributed by atoms with E-state index in [2.05, 4.69) is 4.98 Å². The zero-order valence-electron chi connectivity index (χ0n) is 12.9. The van der Waals surface area contributed by atoms with E-state index in [1.807, 2.05) is 54.4 Å². The van der Waals surface area contributed by atoms with Crippen molar-refractivity contribution in [3.8, 4) is 0 Å². The summed E-state index contributed by atoms with van der Waals surface area (Å²) >= 11 is 6.40. The molecule has 1 aromatic heterocycles. The summed E-state index contributed by atoms with van der Waals surface area (Å²) in [5.74, 6) is -0.785. The highest BCUT2D eigenvalue weighted by Crippen LogP contribution is 2.37. The van der Waals surface area contributed by atoms with Gasteiger partial charge in [0, 0.05) is 17.8 Å². The standard InChI is InChI=1S/C18H19ClN2O2/c1-12-8-9-15(20-11-12)17(13-5-2-3-6-14(13)19)21-10-4-7-16(21)18(22)23/h2-3,5-6,8-9,11,16-17H,4,7,10H2,1H3,(H,22,23). The van der Waals surface area contributed by atoms with Gasteiger partial charge in [0.05, 0.1) is 11.7 Å². The van der Waals surface area contributed by atoms with E-state index in [4.69, 9.17) is 11.6 Å². The van der Waals surface area contributed by atoms with Gasteiger partial charge < -0.3 is 5.11 Å². The fourth-order valence-corrected chi connectivity index (χ4v) is 3.45. The number of hydrogen-bond acceptors (Lipinski definition) is 3. The van der Waals surface area contributed by atoms with Gasteiger partial charge in [-0.1, -0.05) is 35.9 Å². The van der Waals surface area contributed by atoms with E-state index in [-0.39, 0.29) is 6.04 Å². The first-order valence-corrected chi connectivity index (χ1v) is 8.11. The summed E-state index contributed by atoms with van der Waals surface area (Å²) in [5.41, 5.74) is 2.80. The molecular formula is C18H19ClN2O2. The number of nitrogens with zero attached hydrogens (tertiary/aromatic N) is 2. The zero-order valence-corrected chi connectivity index (χ0v) is 13.7. The molecule has 4 nitrogen and oxygen atoms in total. The van der Waals surface area contributed by atoms with E-state index in [0.717, 1.165) is 29.8 Å². The van der Waals surface area contributed by atoms with Crippen LogP contribution in [0.15, 0.2) is 42.6 Å². The lowest BCUT2D eigenvalue weighted by molar-refractivity contribution is -0.142. The Kier molecular flexibility index (Phi) is 4.64. The number of aromatic nitrogens is 1. The van der Waals surface area contributed by atoms with E-state index < -0.39 is 12.0 Å². The second-order valence-electron chi connectivity index (χ2n) is 5.92. The summed E-state index contributed by atoms with van der Waals surface area (Å²) in [6.45, 7) is 2.71. The van der Waals surface area contributed by atoms with Gasteiger partial charge in [0.25, 0.3) is 0 Å². The molecule has 1 fully saturated rings. The predicted octanol–water partition coefficient (Wildman–Crippen LogP) is 3.68. The van der Waals surface area contributed by atoms with Crippen molar-refractivity contribution in [2.24, 2.45) is 0 Å². The molecule has 1 aliphatic rings. The third-order valence-corrected chi connectivity index (χ3v) is 4.67. The number of aliphatic carboxylic acids is 1. The van der Waals surface area contributed by atoms with E-state index in [0.29, 0.717) is 11.4 Å². The van der Waals surface area contributed by atoms with Crippen LogP contribution in [-0.4, -0.2) is 33.5 Å². The van der Waals surface area contributed by atoms with Crippen molar-refractivity contribution >= 4 is 17.6 Å². The van der Waals surface area contributed by atoms with Crippen LogP contribution in [0.2, 0.25) is 5.02 Å². The van der Waals surface area contributed by atoms with Crippen LogP contribution in [0.3, 0.4) is 0 Å². The minimum absolute atomic E-state index is 0.243. The minimum Gasteiger partial charge on any atom is -0.480 e. The maximum Gasteiger partial charge on any atom is 0.320 e. The highest BCUT2D eigenvalue weighted by atomic mass is 35.5. The Morgan fingerprint density at radius 3 is 2.78 bits per heavy atom. The van der Waals surface area contributed by atoms with E-state index >= 15 is 0 Å². The average molecular weight is 331 g/mol. The van der Waals surface area contributed by atoms with Gasteiger partial charge in [-0.3, -0.25) is 14.7 Å². The molecule has 2 aromatic rings. The molecule has 23 heavy (non-hydrogen) atoms. The van der Waals surface area contributed by atoms with Gasteiger partial charge in [0.2, 0.25) is 0 Å². The highest BCUT2D eigenvalue weighted by molar-refractivity contribution is 6.31. The number of carboxylic acid groups (broad SMARTS) is 1. The molecule has 1 saturated heterocycles. The number of aryl methyl sites for hydroxylation is 1. The van der Waals surface area contributed by atoms with Gasteiger partial charge in [0.15, 0.2) is 0 Å². The molecule has 0 radical (unpaired) electrons. The van der Waals surface area contributed by atoms with Gasteiger partial charge in [-0.25, -0.2) is 0 Å². The summed E-state index contributed by atoms with van der Waals surface area (Å²) in [6.07, 6.45) is 3.33. The summed E-state index contributed by atoms with van der Waals surface area (Å²) in [5, 5.41) is 10.2. The third-order valence-electron chi connectivity index (χ3n) is 4.33. The Balaban J connectivity index is 2.08. The summed E-state index contributed by atoms with van der Waals surface area (Å²) in [4.78, 5) is 18.2. The van der Waals surface area contributed by atoms with Gasteiger partial charge >= 0.3 is 5.97 Å². The number of carboxylic acids is 1. The predicted molar refractivity (Wildman–Crippen MR) is 89.6 cm³/mol. The Morgan fingerprint density at radius 1 is 1.35 bits per heavy atom. The van der Waals surface area contributed by atoms with Gasteiger partial charge in [-0.05, 0) is 43.0 Å². The van der Waals surface area contributed by atoms with Crippen LogP contribution < -0.4 is 0 Å². The molecule has 0 spiro atoms. The molecule has 0 bridgehead atoms. The SMILES string of the molecule is Cc1ccc(C(c2ccccc2Cl)N2CCCC2C(=O)O)nc1. The number of likely N-dealkylation sites (tertiary alicyclic amines) is 1. The van der Waals surface area contributed by atoms with Crippen LogP contribution in [-0.2, 0) is 4.79 Å². The molecule has 2 unspecified atom stereocenters. The molecule has 1 aliphatic heterocycles. The fourth-order valence-electron chi connectivity index (χ4n) is 3.21. The number of hydrogen-bond donors (Lipinski definition) is 1. The van der Waals surface area contributed by atoms with Crippen LogP contribution in [0.1, 0.15) is 35.7 Å². The maximum atomic E-state index is 11.6. The molecule has 0 aliphatic carbocycles. The number of benzene rings is 1. The molecule has 2 heterocycles. The van der Waals surface area contributed by atoms with Crippen LogP contribution in [0.4, 0.5) is 0 Å². The smallest absolute Gasteiger partial charge is 0.320 e. The number of halogens is 1. The molecule has 1 N–H and O–H groups in total. The number of rotatable bonds is 4. The van der Waals surface area contributed by atoms with E-state index in [9.17, 15) is 9.90 Å². The third kappa shape index (κ3) is 3.23. The van der Waals surface area contributed by atoms with Crippen molar-refractivity contribution in [3.63, 3.8) is 0 Å². The Bertz CT molecular complexity index is 702. The molecule has 5 heteroatoms. The Hall–Kier alpha value is -1.91. The van der Waals surface area contributed by atoms with Crippen LogP contribution in [0.25, 0.3) is 0 Å². The lowest BCUT2D eigenvalue weighted by atomic mass is 9.99. The van der Waals surface area contributed by atoms with Crippen LogP contribution in [0.5, 0.6) is 0 Å². The molecule has 3 rings (SSSR count). The van der Waals surface area contributed by atoms with Crippen LogP contribution in [0, 0.1) is 6.92 Å². The highest BCUT2D eigenvalue weighted by Gasteiger charge is 2.38. The minimum atomic E-state index is -0.785. The Labute approximate surface area is 140 Å². The monoisotopic (exact) mass is 330 g/mol. The van der Waals surface area contributed by atoms with Crippen molar-refractivity contribution in [2.75, 3.05) is 6.54 Å².